The normalized spacial score (nSPS) is 10.4. The van der Waals surface area contributed by atoms with Gasteiger partial charge in [0.25, 0.3) is 5.91 Å². The summed E-state index contributed by atoms with van der Waals surface area (Å²) in [6.07, 6.45) is 1.70. The molecule has 3 nitrogen and oxygen atoms in total. The largest absolute Gasteiger partial charge is 0.288 e. The Morgan fingerprint density at radius 3 is 2.33 bits per heavy atom. The third-order valence-electron chi connectivity index (χ3n) is 3.72. The highest BCUT2D eigenvalue weighted by Crippen LogP contribution is 2.19. The molecule has 0 unspecified atom stereocenters. The first kappa shape index (κ1) is 16.4. The monoisotopic (exact) mass is 380 g/mol. The van der Waals surface area contributed by atoms with Crippen molar-refractivity contribution in [3.63, 3.8) is 0 Å². The second-order valence-electron chi connectivity index (χ2n) is 5.57. The van der Waals surface area contributed by atoms with Gasteiger partial charge in [-0.25, -0.2) is 4.98 Å². The highest BCUT2D eigenvalue weighted by molar-refractivity contribution is 9.10. The molecule has 1 heterocycles. The first-order valence-corrected chi connectivity index (χ1v) is 8.47. The van der Waals surface area contributed by atoms with Gasteiger partial charge >= 0.3 is 0 Å². The number of nitrogens with zero attached hydrogens (tertiary/aromatic N) is 2. The molecule has 0 radical (unpaired) electrons. The van der Waals surface area contributed by atoms with Crippen LogP contribution in [-0.4, -0.2) is 10.9 Å². The van der Waals surface area contributed by atoms with Crippen LogP contribution in [0.25, 0.3) is 0 Å². The van der Waals surface area contributed by atoms with Gasteiger partial charge in [-0.1, -0.05) is 51.8 Å². The first-order valence-electron chi connectivity index (χ1n) is 7.67. The third-order valence-corrected chi connectivity index (χ3v) is 4.25. The summed E-state index contributed by atoms with van der Waals surface area (Å²) in [7, 11) is 0. The fourth-order valence-corrected chi connectivity index (χ4v) is 2.66. The van der Waals surface area contributed by atoms with E-state index in [0.717, 1.165) is 10.0 Å². The number of anilines is 1. The van der Waals surface area contributed by atoms with E-state index in [0.29, 0.717) is 17.9 Å². The van der Waals surface area contributed by atoms with Crippen molar-refractivity contribution in [2.24, 2.45) is 0 Å². The molecule has 1 aromatic heterocycles. The molecule has 0 spiro atoms. The van der Waals surface area contributed by atoms with Crippen molar-refractivity contribution >= 4 is 27.7 Å². The summed E-state index contributed by atoms with van der Waals surface area (Å²) >= 11 is 3.40. The fourth-order valence-electron chi connectivity index (χ4n) is 2.39. The zero-order valence-corrected chi connectivity index (χ0v) is 14.9. The smallest absolute Gasteiger partial charge is 0.259 e. The van der Waals surface area contributed by atoms with Crippen molar-refractivity contribution < 1.29 is 4.79 Å². The molecule has 0 saturated carbocycles. The van der Waals surface area contributed by atoms with E-state index in [-0.39, 0.29) is 5.91 Å². The van der Waals surface area contributed by atoms with Crippen LogP contribution in [0.2, 0.25) is 0 Å². The lowest BCUT2D eigenvalue weighted by atomic mass is 10.1. The van der Waals surface area contributed by atoms with Crippen LogP contribution in [0, 0.1) is 6.92 Å². The molecule has 0 aliphatic heterocycles. The number of carbonyl (C=O) groups excluding carboxylic acids is 1. The van der Waals surface area contributed by atoms with E-state index in [1.807, 2.05) is 61.5 Å². The molecule has 3 rings (SSSR count). The number of carbonyl (C=O) groups is 1. The molecule has 3 aromatic rings. The Kier molecular flexibility index (Phi) is 5.06. The molecule has 4 heteroatoms. The van der Waals surface area contributed by atoms with Gasteiger partial charge < -0.3 is 0 Å². The van der Waals surface area contributed by atoms with Gasteiger partial charge in [0.05, 0.1) is 6.54 Å². The average Bonchev–Trinajstić information content (AvgIpc) is 2.62. The van der Waals surface area contributed by atoms with Crippen LogP contribution in [0.4, 0.5) is 5.82 Å². The van der Waals surface area contributed by atoms with Gasteiger partial charge in [0.1, 0.15) is 5.82 Å². The van der Waals surface area contributed by atoms with Crippen LogP contribution in [0.1, 0.15) is 21.5 Å². The minimum atomic E-state index is -0.0678. The Bertz CT molecular complexity index is 815. The van der Waals surface area contributed by atoms with Crippen molar-refractivity contribution in [1.29, 1.82) is 0 Å². The average molecular weight is 381 g/mol. The number of halogens is 1. The number of hydrogen-bond acceptors (Lipinski definition) is 2. The molecule has 0 bridgehead atoms. The van der Waals surface area contributed by atoms with Crippen LogP contribution in [-0.2, 0) is 6.54 Å². The van der Waals surface area contributed by atoms with Crippen LogP contribution >= 0.6 is 15.9 Å². The lowest BCUT2D eigenvalue weighted by Crippen LogP contribution is -2.31. The van der Waals surface area contributed by atoms with E-state index in [2.05, 4.69) is 33.0 Å². The van der Waals surface area contributed by atoms with Gasteiger partial charge in [-0.3, -0.25) is 9.69 Å². The fraction of sp³-hybridized carbons (Fsp3) is 0.100. The summed E-state index contributed by atoms with van der Waals surface area (Å²) in [5.74, 6) is 0.577. The Morgan fingerprint density at radius 1 is 1.00 bits per heavy atom. The summed E-state index contributed by atoms with van der Waals surface area (Å²) in [5.41, 5.74) is 2.90. The summed E-state index contributed by atoms with van der Waals surface area (Å²) < 4.78 is 0.946. The van der Waals surface area contributed by atoms with Crippen molar-refractivity contribution in [1.82, 2.24) is 4.98 Å². The van der Waals surface area contributed by atoms with E-state index in [1.54, 1.807) is 11.1 Å². The van der Waals surface area contributed by atoms with Crippen LogP contribution in [0.15, 0.2) is 77.4 Å². The summed E-state index contributed by atoms with van der Waals surface area (Å²) in [6, 6.07) is 21.1. The Morgan fingerprint density at radius 2 is 1.71 bits per heavy atom. The first-order chi connectivity index (χ1) is 11.6. The molecule has 0 aliphatic rings. The molecule has 1 amide bonds. The molecule has 0 N–H and O–H groups in total. The molecule has 24 heavy (non-hydrogen) atoms. The lowest BCUT2D eigenvalue weighted by Gasteiger charge is -2.22. The van der Waals surface area contributed by atoms with E-state index in [4.69, 9.17) is 0 Å². The number of pyridine rings is 1. The minimum absolute atomic E-state index is 0.0678. The quantitative estimate of drug-likeness (QED) is 0.637. The highest BCUT2D eigenvalue weighted by atomic mass is 79.9. The van der Waals surface area contributed by atoms with Gasteiger partial charge in [-0.2, -0.15) is 0 Å². The Hall–Kier alpha value is -2.46. The SMILES string of the molecule is Cc1ccc(CN(C(=O)c2ccc(Br)cc2)c2ccccn2)cc1. The van der Waals surface area contributed by atoms with Crippen molar-refractivity contribution in [3.8, 4) is 0 Å². The minimum Gasteiger partial charge on any atom is -0.288 e. The molecule has 0 saturated heterocycles. The number of amides is 1. The molecule has 0 aliphatic carbocycles. The molecular weight excluding hydrogens is 364 g/mol. The zero-order chi connectivity index (χ0) is 16.9. The predicted octanol–water partition coefficient (Wildman–Crippen LogP) is 5.00. The zero-order valence-electron chi connectivity index (χ0n) is 13.3. The van der Waals surface area contributed by atoms with E-state index in [1.165, 1.54) is 5.56 Å². The summed E-state index contributed by atoms with van der Waals surface area (Å²) in [5, 5.41) is 0. The maximum atomic E-state index is 13.0. The van der Waals surface area contributed by atoms with Crippen molar-refractivity contribution in [3.05, 3.63) is 94.1 Å². The maximum absolute atomic E-state index is 13.0. The van der Waals surface area contributed by atoms with E-state index in [9.17, 15) is 4.79 Å². The lowest BCUT2D eigenvalue weighted by molar-refractivity contribution is 0.0984. The standard InChI is InChI=1S/C20H17BrN2O/c1-15-5-7-16(8-6-15)14-23(19-4-2-3-13-22-19)20(24)17-9-11-18(21)12-10-17/h2-13H,14H2,1H3. The third kappa shape index (κ3) is 3.89. The van der Waals surface area contributed by atoms with Gasteiger partial charge in [0, 0.05) is 16.2 Å². The summed E-state index contributed by atoms with van der Waals surface area (Å²) in [6.45, 7) is 2.53. The van der Waals surface area contributed by atoms with Gasteiger partial charge in [0.2, 0.25) is 0 Å². The number of aromatic nitrogens is 1. The maximum Gasteiger partial charge on any atom is 0.259 e. The van der Waals surface area contributed by atoms with Crippen LogP contribution in [0.5, 0.6) is 0 Å². The van der Waals surface area contributed by atoms with Gasteiger partial charge in [-0.15, -0.1) is 0 Å². The topological polar surface area (TPSA) is 33.2 Å². The highest BCUT2D eigenvalue weighted by Gasteiger charge is 2.19. The second kappa shape index (κ2) is 7.41. The Labute approximate surface area is 150 Å². The number of benzene rings is 2. The van der Waals surface area contributed by atoms with Crippen molar-refractivity contribution in [2.75, 3.05) is 4.90 Å². The molecule has 0 atom stereocenters. The number of rotatable bonds is 4. The van der Waals surface area contributed by atoms with Gasteiger partial charge in [0.15, 0.2) is 0 Å². The number of aryl methyl sites for hydroxylation is 1. The van der Waals surface area contributed by atoms with Crippen LogP contribution in [0.3, 0.4) is 0 Å². The Balaban J connectivity index is 1.94. The second-order valence-corrected chi connectivity index (χ2v) is 6.49. The van der Waals surface area contributed by atoms with Crippen LogP contribution < -0.4 is 4.90 Å². The summed E-state index contributed by atoms with van der Waals surface area (Å²) in [4.78, 5) is 19.1. The molecule has 0 fully saturated rings. The van der Waals surface area contributed by atoms with Gasteiger partial charge in [-0.05, 0) is 48.9 Å². The molecule has 120 valence electrons. The predicted molar refractivity (Wildman–Crippen MR) is 100 cm³/mol. The van der Waals surface area contributed by atoms with E-state index >= 15 is 0 Å². The van der Waals surface area contributed by atoms with E-state index < -0.39 is 0 Å². The number of hydrogen-bond donors (Lipinski definition) is 0. The van der Waals surface area contributed by atoms with Crippen molar-refractivity contribution in [2.45, 2.75) is 13.5 Å². The molecule has 2 aromatic carbocycles. The molecular formula is C20H17BrN2O.